The Morgan fingerprint density at radius 1 is 0.912 bits per heavy atom. The fraction of sp³-hybridized carbons (Fsp3) is 0.308. The van der Waals surface area contributed by atoms with Crippen LogP contribution in [0.2, 0.25) is 10.0 Å². The highest BCUT2D eigenvalue weighted by Gasteiger charge is 2.67. The van der Waals surface area contributed by atoms with Crippen LogP contribution in [-0.4, -0.2) is 30.2 Å². The second-order valence-corrected chi connectivity index (χ2v) is 10.2. The van der Waals surface area contributed by atoms with Gasteiger partial charge in [0.2, 0.25) is 17.6 Å². The van der Waals surface area contributed by atoms with Gasteiger partial charge in [-0.25, -0.2) is 4.79 Å². The van der Waals surface area contributed by atoms with Gasteiger partial charge in [-0.15, -0.1) is 0 Å². The molecule has 2 bridgehead atoms. The summed E-state index contributed by atoms with van der Waals surface area (Å²) >= 11 is 11.9. The van der Waals surface area contributed by atoms with E-state index in [-0.39, 0.29) is 51.6 Å². The van der Waals surface area contributed by atoms with Crippen molar-refractivity contribution in [1.29, 1.82) is 0 Å². The number of hydrogen-bond donors (Lipinski definition) is 0. The minimum Gasteiger partial charge on any atom is -0.454 e. The van der Waals surface area contributed by atoms with Crippen molar-refractivity contribution in [3.05, 3.63) is 75.8 Å². The minimum absolute atomic E-state index is 0.152. The molecule has 172 valence electrons. The molecule has 34 heavy (non-hydrogen) atoms. The molecule has 2 aromatic carbocycles. The second kappa shape index (κ2) is 7.79. The highest BCUT2D eigenvalue weighted by atomic mass is 35.5. The Morgan fingerprint density at radius 2 is 1.53 bits per heavy atom. The zero-order chi connectivity index (χ0) is 23.7. The lowest BCUT2D eigenvalue weighted by atomic mass is 9.63. The van der Waals surface area contributed by atoms with Gasteiger partial charge in [0.15, 0.2) is 6.61 Å². The monoisotopic (exact) mass is 495 g/mol. The van der Waals surface area contributed by atoms with E-state index in [1.54, 1.807) is 12.1 Å². The normalized spacial score (nSPS) is 30.2. The Bertz CT molecular complexity index is 1250. The van der Waals surface area contributed by atoms with Crippen LogP contribution in [0.5, 0.6) is 0 Å². The summed E-state index contributed by atoms with van der Waals surface area (Å²) in [6.07, 6.45) is 5.37. The quantitative estimate of drug-likeness (QED) is 0.262. The summed E-state index contributed by atoms with van der Waals surface area (Å²) in [5, 5.41) is 0.577. The summed E-state index contributed by atoms with van der Waals surface area (Å²) in [4.78, 5) is 52.5. The van der Waals surface area contributed by atoms with Crippen molar-refractivity contribution in [2.75, 3.05) is 11.5 Å². The smallest absolute Gasteiger partial charge is 0.338 e. The third-order valence-electron chi connectivity index (χ3n) is 7.59. The number of esters is 1. The summed E-state index contributed by atoms with van der Waals surface area (Å²) < 4.78 is 5.13. The standard InChI is InChI=1S/C26H19Cl2NO5/c27-13-3-6-17(20(28)9-13)21(30)11-34-26(33)12-1-4-14(5-2-12)29-24(31)22-15-7-8-16(19-10-18(15)19)23(22)25(29)32/h1-9,15-16,18-19,22-23H,10-11H2/t15-,16+,18-,19-,22+,23-/m1/s1. The van der Waals surface area contributed by atoms with Gasteiger partial charge in [0.25, 0.3) is 0 Å². The molecule has 5 aliphatic rings. The van der Waals surface area contributed by atoms with Crippen LogP contribution < -0.4 is 4.90 Å². The number of Topliss-reactive ketones (excluding diaryl/α,β-unsaturated/α-hetero) is 1. The van der Waals surface area contributed by atoms with E-state index in [0.29, 0.717) is 22.5 Å². The van der Waals surface area contributed by atoms with Crippen LogP contribution in [0.3, 0.4) is 0 Å². The lowest BCUT2D eigenvalue weighted by Crippen LogP contribution is -2.40. The van der Waals surface area contributed by atoms with Gasteiger partial charge in [-0.05, 0) is 72.6 Å². The largest absolute Gasteiger partial charge is 0.454 e. The first kappa shape index (κ1) is 21.6. The molecule has 2 saturated carbocycles. The molecule has 0 N–H and O–H groups in total. The van der Waals surface area contributed by atoms with Gasteiger partial charge >= 0.3 is 5.97 Å². The van der Waals surface area contributed by atoms with E-state index >= 15 is 0 Å². The molecule has 7 rings (SSSR count). The Labute approximate surface area is 205 Å². The van der Waals surface area contributed by atoms with E-state index in [9.17, 15) is 19.2 Å². The van der Waals surface area contributed by atoms with E-state index < -0.39 is 18.4 Å². The number of halogens is 2. The molecule has 6 atom stereocenters. The van der Waals surface area contributed by atoms with E-state index in [1.807, 2.05) is 0 Å². The van der Waals surface area contributed by atoms with E-state index in [4.69, 9.17) is 27.9 Å². The molecule has 0 radical (unpaired) electrons. The van der Waals surface area contributed by atoms with Crippen LogP contribution in [0.15, 0.2) is 54.6 Å². The van der Waals surface area contributed by atoms with Gasteiger partial charge in [0.05, 0.1) is 28.1 Å². The predicted molar refractivity (Wildman–Crippen MR) is 125 cm³/mol. The first-order chi connectivity index (χ1) is 16.3. The molecule has 2 amide bonds. The molecule has 0 unspecified atom stereocenters. The highest BCUT2D eigenvalue weighted by Crippen LogP contribution is 2.65. The third kappa shape index (κ3) is 3.23. The number of anilines is 1. The van der Waals surface area contributed by atoms with Gasteiger partial charge in [0.1, 0.15) is 0 Å². The number of allylic oxidation sites excluding steroid dienone is 2. The van der Waals surface area contributed by atoms with Crippen molar-refractivity contribution < 1.29 is 23.9 Å². The molecule has 4 aliphatic carbocycles. The summed E-state index contributed by atoms with van der Waals surface area (Å²) in [6.45, 7) is -0.480. The predicted octanol–water partition coefficient (Wildman–Crippen LogP) is 4.59. The van der Waals surface area contributed by atoms with Crippen LogP contribution in [0.25, 0.3) is 0 Å². The Balaban J connectivity index is 1.14. The Morgan fingerprint density at radius 3 is 2.12 bits per heavy atom. The Hall–Kier alpha value is -2.96. The van der Waals surface area contributed by atoms with Crippen molar-refractivity contribution in [2.24, 2.45) is 35.5 Å². The number of amides is 2. The third-order valence-corrected chi connectivity index (χ3v) is 8.14. The van der Waals surface area contributed by atoms with Gasteiger partial charge < -0.3 is 4.74 Å². The number of ether oxygens (including phenoxy) is 1. The molecule has 3 fully saturated rings. The minimum atomic E-state index is -0.694. The zero-order valence-corrected chi connectivity index (χ0v) is 19.3. The van der Waals surface area contributed by atoms with Gasteiger partial charge in [-0.2, -0.15) is 0 Å². The van der Waals surface area contributed by atoms with Crippen molar-refractivity contribution in [2.45, 2.75) is 6.42 Å². The molecule has 6 nitrogen and oxygen atoms in total. The van der Waals surface area contributed by atoms with Crippen molar-refractivity contribution >= 4 is 52.5 Å². The SMILES string of the molecule is O=C(OCC(=O)c1ccc(Cl)cc1Cl)c1ccc(N2C(=O)[C@@H]3[C@H]4C=C[C@H]([C@H]5C[C@H]45)[C@@H]3C2=O)cc1. The molecule has 2 aromatic rings. The van der Waals surface area contributed by atoms with Gasteiger partial charge in [-0.3, -0.25) is 19.3 Å². The van der Waals surface area contributed by atoms with Crippen molar-refractivity contribution in [3.8, 4) is 0 Å². The van der Waals surface area contributed by atoms with Crippen molar-refractivity contribution in [3.63, 3.8) is 0 Å². The second-order valence-electron chi connectivity index (χ2n) is 9.34. The fourth-order valence-corrected chi connectivity index (χ4v) is 6.48. The molecule has 0 aromatic heterocycles. The summed E-state index contributed by atoms with van der Waals surface area (Å²) in [7, 11) is 0. The number of benzene rings is 2. The van der Waals surface area contributed by atoms with Crippen LogP contribution in [-0.2, 0) is 14.3 Å². The molecular formula is C26H19Cl2NO5. The van der Waals surface area contributed by atoms with E-state index in [2.05, 4.69) is 12.2 Å². The molecule has 1 aliphatic heterocycles. The summed E-state index contributed by atoms with van der Waals surface area (Å²) in [5.74, 6) is -0.621. The zero-order valence-electron chi connectivity index (χ0n) is 17.8. The topological polar surface area (TPSA) is 80.8 Å². The van der Waals surface area contributed by atoms with Gasteiger partial charge in [0, 0.05) is 10.6 Å². The van der Waals surface area contributed by atoms with Crippen LogP contribution in [0, 0.1) is 35.5 Å². The number of rotatable bonds is 5. The lowest BCUT2D eigenvalue weighted by molar-refractivity contribution is -0.124. The van der Waals surface area contributed by atoms with Gasteiger partial charge in [-0.1, -0.05) is 35.4 Å². The number of hydrogen-bond acceptors (Lipinski definition) is 5. The average Bonchev–Trinajstić information content (AvgIpc) is 3.61. The number of ketones is 1. The fourth-order valence-electron chi connectivity index (χ4n) is 5.97. The lowest BCUT2D eigenvalue weighted by Gasteiger charge is -2.37. The Kier molecular flexibility index (Phi) is 4.94. The average molecular weight is 496 g/mol. The maximum Gasteiger partial charge on any atom is 0.338 e. The maximum atomic E-state index is 13.2. The molecular weight excluding hydrogens is 477 g/mol. The highest BCUT2D eigenvalue weighted by molar-refractivity contribution is 6.36. The molecule has 0 spiro atoms. The van der Waals surface area contributed by atoms with Crippen LogP contribution >= 0.6 is 23.2 Å². The number of carbonyl (C=O) groups is 4. The van der Waals surface area contributed by atoms with E-state index in [0.717, 1.165) is 6.42 Å². The van der Waals surface area contributed by atoms with E-state index in [1.165, 1.54) is 35.2 Å². The molecule has 1 saturated heterocycles. The maximum absolute atomic E-state index is 13.2. The number of carbonyl (C=O) groups excluding carboxylic acids is 4. The van der Waals surface area contributed by atoms with Crippen molar-refractivity contribution in [1.82, 2.24) is 0 Å². The molecule has 1 heterocycles. The summed E-state index contributed by atoms with van der Waals surface area (Å²) in [5.41, 5.74) is 0.860. The number of nitrogens with zero attached hydrogens (tertiary/aromatic N) is 1. The van der Waals surface area contributed by atoms with Crippen LogP contribution in [0.4, 0.5) is 5.69 Å². The first-order valence-electron chi connectivity index (χ1n) is 11.2. The summed E-state index contributed by atoms with van der Waals surface area (Å²) in [6, 6.07) is 10.6. The first-order valence-corrected chi connectivity index (χ1v) is 11.9. The van der Waals surface area contributed by atoms with Crippen LogP contribution in [0.1, 0.15) is 27.1 Å². The number of imide groups is 1. The molecule has 8 heteroatoms.